The molecular weight excluding hydrogens is 382 g/mol. The summed E-state index contributed by atoms with van der Waals surface area (Å²) >= 11 is 3.39. The first-order valence-electron chi connectivity index (χ1n) is 7.95. The van der Waals surface area contributed by atoms with Gasteiger partial charge in [0.25, 0.3) is 5.91 Å². The maximum atomic E-state index is 12.1. The smallest absolute Gasteiger partial charge is 0.251 e. The molecule has 2 rings (SSSR count). The van der Waals surface area contributed by atoms with Crippen molar-refractivity contribution in [2.24, 2.45) is 0 Å². The van der Waals surface area contributed by atoms with E-state index in [1.54, 1.807) is 24.3 Å². The zero-order valence-electron chi connectivity index (χ0n) is 14.5. The fourth-order valence-electron chi connectivity index (χ4n) is 2.09. The molecule has 0 aromatic heterocycles. The molecule has 2 aromatic carbocycles. The molecule has 0 fully saturated rings. The van der Waals surface area contributed by atoms with E-state index in [0.717, 1.165) is 15.8 Å². The molecule has 6 heteroatoms. The monoisotopic (exact) mass is 403 g/mol. The van der Waals surface area contributed by atoms with Gasteiger partial charge in [0.15, 0.2) is 0 Å². The summed E-state index contributed by atoms with van der Waals surface area (Å²) in [4.78, 5) is 24.1. The maximum Gasteiger partial charge on any atom is 0.251 e. The van der Waals surface area contributed by atoms with Crippen LogP contribution in [0.1, 0.15) is 31.1 Å². The van der Waals surface area contributed by atoms with Crippen LogP contribution in [0.15, 0.2) is 53.0 Å². The fraction of sp³-hybridized carbons (Fsp3) is 0.263. The summed E-state index contributed by atoms with van der Waals surface area (Å²) in [6.07, 6.45) is 0. The molecule has 2 amide bonds. The highest BCUT2D eigenvalue weighted by atomic mass is 79.9. The van der Waals surface area contributed by atoms with Gasteiger partial charge in [0, 0.05) is 21.3 Å². The van der Waals surface area contributed by atoms with E-state index in [0.29, 0.717) is 5.56 Å². The van der Waals surface area contributed by atoms with Gasteiger partial charge in [-0.1, -0.05) is 12.1 Å². The van der Waals surface area contributed by atoms with E-state index in [1.807, 2.05) is 45.0 Å². The number of halogens is 1. The number of carbonyl (C=O) groups is 2. The summed E-state index contributed by atoms with van der Waals surface area (Å²) < 4.78 is 0.831. The number of nitrogens with one attached hydrogen (secondary N) is 3. The van der Waals surface area contributed by atoms with Crippen LogP contribution in [-0.4, -0.2) is 23.9 Å². The Bertz CT molecular complexity index is 752. The van der Waals surface area contributed by atoms with Gasteiger partial charge in [-0.2, -0.15) is 0 Å². The molecule has 0 spiro atoms. The maximum absolute atomic E-state index is 12.1. The second-order valence-electron chi connectivity index (χ2n) is 6.66. The van der Waals surface area contributed by atoms with Gasteiger partial charge in [-0.15, -0.1) is 0 Å². The molecule has 0 aliphatic carbocycles. The summed E-state index contributed by atoms with van der Waals surface area (Å²) in [6, 6.07) is 14.5. The zero-order valence-corrected chi connectivity index (χ0v) is 16.1. The Labute approximate surface area is 156 Å². The third kappa shape index (κ3) is 6.23. The lowest BCUT2D eigenvalue weighted by atomic mass is 10.1. The van der Waals surface area contributed by atoms with Crippen molar-refractivity contribution < 1.29 is 9.59 Å². The van der Waals surface area contributed by atoms with E-state index in [-0.39, 0.29) is 23.9 Å². The number of hydrogen-bond donors (Lipinski definition) is 3. The summed E-state index contributed by atoms with van der Waals surface area (Å²) in [6.45, 7) is 5.94. The Kier molecular flexibility index (Phi) is 6.20. The minimum absolute atomic E-state index is 0.120. The highest BCUT2D eigenvalue weighted by molar-refractivity contribution is 9.10. The van der Waals surface area contributed by atoms with Crippen molar-refractivity contribution in [3.8, 4) is 0 Å². The van der Waals surface area contributed by atoms with Crippen LogP contribution >= 0.6 is 15.9 Å². The normalized spacial score (nSPS) is 10.9. The van der Waals surface area contributed by atoms with Gasteiger partial charge < -0.3 is 16.0 Å². The van der Waals surface area contributed by atoms with Crippen LogP contribution in [0.3, 0.4) is 0 Å². The van der Waals surface area contributed by atoms with Gasteiger partial charge in [0.1, 0.15) is 0 Å². The van der Waals surface area contributed by atoms with E-state index >= 15 is 0 Å². The molecule has 0 saturated carbocycles. The lowest BCUT2D eigenvalue weighted by Gasteiger charge is -2.20. The van der Waals surface area contributed by atoms with Crippen molar-refractivity contribution in [2.75, 3.05) is 17.2 Å². The van der Waals surface area contributed by atoms with Crippen LogP contribution in [0.25, 0.3) is 0 Å². The molecule has 0 saturated heterocycles. The predicted molar refractivity (Wildman–Crippen MR) is 105 cm³/mol. The number of benzene rings is 2. The van der Waals surface area contributed by atoms with E-state index in [2.05, 4.69) is 31.9 Å². The fourth-order valence-corrected chi connectivity index (χ4v) is 2.48. The van der Waals surface area contributed by atoms with Crippen molar-refractivity contribution in [3.63, 3.8) is 0 Å². The molecule has 0 aliphatic rings. The molecule has 2 aromatic rings. The lowest BCUT2D eigenvalue weighted by Crippen LogP contribution is -2.40. The van der Waals surface area contributed by atoms with Crippen molar-refractivity contribution in [3.05, 3.63) is 58.6 Å². The number of hydrogen-bond acceptors (Lipinski definition) is 3. The van der Waals surface area contributed by atoms with E-state index < -0.39 is 0 Å². The van der Waals surface area contributed by atoms with Crippen LogP contribution in [0.4, 0.5) is 11.4 Å². The molecule has 0 bridgehead atoms. The Balaban J connectivity index is 1.88. The van der Waals surface area contributed by atoms with Crippen LogP contribution < -0.4 is 16.0 Å². The van der Waals surface area contributed by atoms with Crippen molar-refractivity contribution in [2.45, 2.75) is 26.3 Å². The Morgan fingerprint density at radius 1 is 1.00 bits per heavy atom. The van der Waals surface area contributed by atoms with Crippen LogP contribution in [0, 0.1) is 0 Å². The molecule has 0 heterocycles. The van der Waals surface area contributed by atoms with E-state index in [1.165, 1.54) is 0 Å². The molecule has 5 nitrogen and oxygen atoms in total. The van der Waals surface area contributed by atoms with Crippen molar-refractivity contribution in [1.82, 2.24) is 5.32 Å². The summed E-state index contributed by atoms with van der Waals surface area (Å²) in [7, 11) is 0. The van der Waals surface area contributed by atoms with Gasteiger partial charge in [0.05, 0.1) is 12.2 Å². The Morgan fingerprint density at radius 3 is 2.24 bits per heavy atom. The molecule has 132 valence electrons. The van der Waals surface area contributed by atoms with Crippen LogP contribution in [-0.2, 0) is 4.79 Å². The standard InChI is InChI=1S/C19H22BrN3O2/c1-19(2,3)23-18(25)13-8-10-14(11-9-13)21-12-17(24)22-16-7-5-4-6-15(16)20/h4-11,21H,12H2,1-3H3,(H,22,24)(H,23,25). The molecular formula is C19H22BrN3O2. The minimum Gasteiger partial charge on any atom is -0.376 e. The number of rotatable bonds is 5. The average molecular weight is 404 g/mol. The average Bonchev–Trinajstić information content (AvgIpc) is 2.54. The Morgan fingerprint density at radius 2 is 1.64 bits per heavy atom. The van der Waals surface area contributed by atoms with Crippen LogP contribution in [0.2, 0.25) is 0 Å². The molecule has 0 aliphatic heterocycles. The van der Waals surface area contributed by atoms with Gasteiger partial charge in [-0.25, -0.2) is 0 Å². The van der Waals surface area contributed by atoms with Crippen molar-refractivity contribution >= 4 is 39.1 Å². The quantitative estimate of drug-likeness (QED) is 0.705. The van der Waals surface area contributed by atoms with Gasteiger partial charge in [-0.3, -0.25) is 9.59 Å². The third-order valence-electron chi connectivity index (χ3n) is 3.24. The molecule has 0 radical (unpaired) electrons. The lowest BCUT2D eigenvalue weighted by molar-refractivity contribution is -0.114. The number of amides is 2. The van der Waals surface area contributed by atoms with E-state index in [9.17, 15) is 9.59 Å². The number of para-hydroxylation sites is 1. The van der Waals surface area contributed by atoms with Gasteiger partial charge in [0.2, 0.25) is 5.91 Å². The molecule has 25 heavy (non-hydrogen) atoms. The van der Waals surface area contributed by atoms with Gasteiger partial charge in [-0.05, 0) is 73.1 Å². The summed E-state index contributed by atoms with van der Waals surface area (Å²) in [5, 5.41) is 8.77. The second-order valence-corrected chi connectivity index (χ2v) is 7.52. The van der Waals surface area contributed by atoms with Gasteiger partial charge >= 0.3 is 0 Å². The first-order chi connectivity index (χ1) is 11.7. The summed E-state index contributed by atoms with van der Waals surface area (Å²) in [5.41, 5.74) is 1.80. The zero-order chi connectivity index (χ0) is 18.4. The minimum atomic E-state index is -0.280. The topological polar surface area (TPSA) is 70.2 Å². The summed E-state index contributed by atoms with van der Waals surface area (Å²) in [5.74, 6) is -0.271. The highest BCUT2D eigenvalue weighted by Crippen LogP contribution is 2.21. The first-order valence-corrected chi connectivity index (χ1v) is 8.75. The molecule has 0 atom stereocenters. The third-order valence-corrected chi connectivity index (χ3v) is 3.93. The first kappa shape index (κ1) is 19.0. The molecule has 0 unspecified atom stereocenters. The predicted octanol–water partition coefficient (Wildman–Crippen LogP) is 4.03. The molecule has 3 N–H and O–H groups in total. The SMILES string of the molecule is CC(C)(C)NC(=O)c1ccc(NCC(=O)Nc2ccccc2Br)cc1. The Hall–Kier alpha value is -2.34. The number of anilines is 2. The number of carbonyl (C=O) groups excluding carboxylic acids is 2. The van der Waals surface area contributed by atoms with Crippen LogP contribution in [0.5, 0.6) is 0 Å². The van der Waals surface area contributed by atoms with Crippen molar-refractivity contribution in [1.29, 1.82) is 0 Å². The van der Waals surface area contributed by atoms with E-state index in [4.69, 9.17) is 0 Å². The highest BCUT2D eigenvalue weighted by Gasteiger charge is 2.15. The largest absolute Gasteiger partial charge is 0.376 e. The second kappa shape index (κ2) is 8.16.